The van der Waals surface area contributed by atoms with Gasteiger partial charge in [0.1, 0.15) is 6.04 Å². The Kier molecular flexibility index (Phi) is 2.91. The van der Waals surface area contributed by atoms with E-state index in [0.29, 0.717) is 0 Å². The summed E-state index contributed by atoms with van der Waals surface area (Å²) in [6, 6.07) is -0.110. The largest absolute Gasteiger partial charge is 0.368 e. The number of nitrogens with zero attached hydrogens (tertiary/aromatic N) is 1. The van der Waals surface area contributed by atoms with Gasteiger partial charge in [-0.1, -0.05) is 12.7 Å². The summed E-state index contributed by atoms with van der Waals surface area (Å²) < 4.78 is 0. The summed E-state index contributed by atoms with van der Waals surface area (Å²) in [5, 5.41) is 0. The van der Waals surface area contributed by atoms with Crippen molar-refractivity contribution < 1.29 is 4.79 Å². The van der Waals surface area contributed by atoms with Crippen LogP contribution < -0.4 is 5.73 Å². The van der Waals surface area contributed by atoms with Crippen molar-refractivity contribution in [1.82, 2.24) is 4.90 Å². The summed E-state index contributed by atoms with van der Waals surface area (Å²) in [6.07, 6.45) is 7.29. The van der Waals surface area contributed by atoms with Crippen LogP contribution in [-0.2, 0) is 4.79 Å². The van der Waals surface area contributed by atoms with Crippen molar-refractivity contribution in [2.45, 2.75) is 18.9 Å². The molecule has 1 rings (SSSR count). The third kappa shape index (κ3) is 1.87. The van der Waals surface area contributed by atoms with E-state index in [1.165, 1.54) is 0 Å². The zero-order valence-electron chi connectivity index (χ0n) is 7.07. The van der Waals surface area contributed by atoms with Crippen LogP contribution in [0.1, 0.15) is 12.8 Å². The van der Waals surface area contributed by atoms with E-state index in [1.807, 2.05) is 17.2 Å². The molecule has 1 saturated heterocycles. The lowest BCUT2D eigenvalue weighted by Gasteiger charge is -2.18. The third-order valence-corrected chi connectivity index (χ3v) is 2.04. The molecule has 0 saturated carbocycles. The number of nitrogens with two attached hydrogens (primary N) is 1. The van der Waals surface area contributed by atoms with Gasteiger partial charge < -0.3 is 10.6 Å². The Hall–Kier alpha value is -1.25. The first kappa shape index (κ1) is 8.84. The smallest absolute Gasteiger partial charge is 0.240 e. The lowest BCUT2D eigenvalue weighted by molar-refractivity contribution is -0.121. The van der Waals surface area contributed by atoms with Gasteiger partial charge in [-0.05, 0) is 25.1 Å². The molecule has 1 aliphatic rings. The van der Waals surface area contributed by atoms with Crippen LogP contribution in [0.4, 0.5) is 0 Å². The summed E-state index contributed by atoms with van der Waals surface area (Å²) in [4.78, 5) is 12.9. The van der Waals surface area contributed by atoms with Crippen LogP contribution >= 0.6 is 0 Å². The molecule has 3 heteroatoms. The molecule has 0 aromatic carbocycles. The van der Waals surface area contributed by atoms with Crippen molar-refractivity contribution in [3.63, 3.8) is 0 Å². The van der Waals surface area contributed by atoms with Gasteiger partial charge in [-0.15, -0.1) is 0 Å². The molecule has 1 heterocycles. The number of carbonyl (C=O) groups excluding carboxylic acids is 1. The summed E-state index contributed by atoms with van der Waals surface area (Å²) in [6.45, 7) is 4.48. The molecule has 1 amide bonds. The number of allylic oxidation sites excluding steroid dienone is 2. The predicted octanol–water partition coefficient (Wildman–Crippen LogP) is 0.636. The minimum atomic E-state index is -0.235. The first-order valence-corrected chi connectivity index (χ1v) is 4.10. The van der Waals surface area contributed by atoms with Gasteiger partial charge in [0, 0.05) is 6.54 Å². The van der Waals surface area contributed by atoms with Gasteiger partial charge in [0.25, 0.3) is 0 Å². The first-order valence-electron chi connectivity index (χ1n) is 4.10. The number of likely N-dealkylation sites (tertiary alicyclic amines) is 1. The Morgan fingerprint density at radius 1 is 1.67 bits per heavy atom. The van der Waals surface area contributed by atoms with E-state index in [-0.39, 0.29) is 11.9 Å². The average Bonchev–Trinajstić information content (AvgIpc) is 2.48. The number of hydrogen-bond acceptors (Lipinski definition) is 2. The highest BCUT2D eigenvalue weighted by molar-refractivity contribution is 5.80. The molecule has 0 aromatic heterocycles. The molecule has 12 heavy (non-hydrogen) atoms. The van der Waals surface area contributed by atoms with Crippen LogP contribution in [0.25, 0.3) is 0 Å². The van der Waals surface area contributed by atoms with E-state index >= 15 is 0 Å². The third-order valence-electron chi connectivity index (χ3n) is 2.04. The quantitative estimate of drug-likeness (QED) is 0.625. The van der Waals surface area contributed by atoms with E-state index in [1.54, 1.807) is 6.08 Å². The number of rotatable bonds is 3. The molecule has 66 valence electrons. The van der Waals surface area contributed by atoms with Crippen molar-refractivity contribution >= 4 is 5.91 Å². The molecule has 3 nitrogen and oxygen atoms in total. The van der Waals surface area contributed by atoms with E-state index in [4.69, 9.17) is 5.73 Å². The summed E-state index contributed by atoms with van der Waals surface area (Å²) in [7, 11) is 0. The van der Waals surface area contributed by atoms with Gasteiger partial charge >= 0.3 is 0 Å². The Balaban J connectivity index is 2.57. The SMILES string of the molecule is C=C/C=C/N1CCCC1C(N)=O. The van der Waals surface area contributed by atoms with Crippen LogP contribution in [0, 0.1) is 0 Å². The van der Waals surface area contributed by atoms with Gasteiger partial charge in [-0.2, -0.15) is 0 Å². The summed E-state index contributed by atoms with van der Waals surface area (Å²) >= 11 is 0. The van der Waals surface area contributed by atoms with Gasteiger partial charge in [-0.25, -0.2) is 0 Å². The Labute approximate surface area is 72.5 Å². The highest BCUT2D eigenvalue weighted by Crippen LogP contribution is 2.16. The normalized spacial score (nSPS) is 23.3. The maximum atomic E-state index is 10.9. The van der Waals surface area contributed by atoms with Crippen LogP contribution in [-0.4, -0.2) is 23.4 Å². The lowest BCUT2D eigenvalue weighted by atomic mass is 10.2. The molecule has 0 aliphatic carbocycles. The van der Waals surface area contributed by atoms with Crippen molar-refractivity contribution in [2.24, 2.45) is 5.73 Å². The summed E-state index contributed by atoms with van der Waals surface area (Å²) in [5.41, 5.74) is 5.22. The molecule has 0 aromatic rings. The number of amides is 1. The highest BCUT2D eigenvalue weighted by atomic mass is 16.1. The highest BCUT2D eigenvalue weighted by Gasteiger charge is 2.25. The molecule has 0 radical (unpaired) electrons. The van der Waals surface area contributed by atoms with Crippen LogP contribution in [0.2, 0.25) is 0 Å². The van der Waals surface area contributed by atoms with Gasteiger partial charge in [0.2, 0.25) is 5.91 Å². The topological polar surface area (TPSA) is 46.3 Å². The number of carbonyl (C=O) groups is 1. The molecule has 1 aliphatic heterocycles. The fourth-order valence-corrected chi connectivity index (χ4v) is 1.44. The predicted molar refractivity (Wildman–Crippen MR) is 48.3 cm³/mol. The molecule has 2 N–H and O–H groups in total. The summed E-state index contributed by atoms with van der Waals surface area (Å²) in [5.74, 6) is -0.235. The van der Waals surface area contributed by atoms with E-state index in [9.17, 15) is 4.79 Å². The van der Waals surface area contributed by atoms with Crippen LogP contribution in [0.15, 0.2) is 24.9 Å². The maximum Gasteiger partial charge on any atom is 0.240 e. The Morgan fingerprint density at radius 2 is 2.42 bits per heavy atom. The van der Waals surface area contributed by atoms with Crippen LogP contribution in [0.5, 0.6) is 0 Å². The number of primary amides is 1. The van der Waals surface area contributed by atoms with Crippen molar-refractivity contribution in [3.05, 3.63) is 24.9 Å². The minimum Gasteiger partial charge on any atom is -0.368 e. The van der Waals surface area contributed by atoms with Crippen molar-refractivity contribution in [3.8, 4) is 0 Å². The lowest BCUT2D eigenvalue weighted by Crippen LogP contribution is -2.37. The van der Waals surface area contributed by atoms with Crippen molar-refractivity contribution in [2.75, 3.05) is 6.54 Å². The van der Waals surface area contributed by atoms with Crippen LogP contribution in [0.3, 0.4) is 0 Å². The second-order valence-electron chi connectivity index (χ2n) is 2.88. The monoisotopic (exact) mass is 166 g/mol. The molecular formula is C9H14N2O. The fourth-order valence-electron chi connectivity index (χ4n) is 1.44. The first-order chi connectivity index (χ1) is 5.75. The second-order valence-corrected chi connectivity index (χ2v) is 2.88. The van der Waals surface area contributed by atoms with E-state index < -0.39 is 0 Å². The molecule has 1 fully saturated rings. The molecule has 0 bridgehead atoms. The molecule has 1 unspecified atom stereocenters. The van der Waals surface area contributed by atoms with Gasteiger partial charge in [0.05, 0.1) is 0 Å². The molecule has 1 atom stereocenters. The Bertz CT molecular complexity index is 211. The van der Waals surface area contributed by atoms with E-state index in [2.05, 4.69) is 6.58 Å². The standard InChI is InChI=1S/C9H14N2O/c1-2-3-6-11-7-4-5-8(11)9(10)12/h2-3,6,8H,1,4-5,7H2,(H2,10,12)/b6-3+. The minimum absolute atomic E-state index is 0.110. The second kappa shape index (κ2) is 3.95. The van der Waals surface area contributed by atoms with Gasteiger partial charge in [0.15, 0.2) is 0 Å². The molecular weight excluding hydrogens is 152 g/mol. The fraction of sp³-hybridized carbons (Fsp3) is 0.444. The zero-order chi connectivity index (χ0) is 8.97. The average molecular weight is 166 g/mol. The van der Waals surface area contributed by atoms with Gasteiger partial charge in [-0.3, -0.25) is 4.79 Å². The van der Waals surface area contributed by atoms with Crippen molar-refractivity contribution in [1.29, 1.82) is 0 Å². The maximum absolute atomic E-state index is 10.9. The van der Waals surface area contributed by atoms with E-state index in [0.717, 1.165) is 19.4 Å². The molecule has 0 spiro atoms. The number of hydrogen-bond donors (Lipinski definition) is 1. The Morgan fingerprint density at radius 3 is 3.00 bits per heavy atom. The zero-order valence-corrected chi connectivity index (χ0v) is 7.07.